The van der Waals surface area contributed by atoms with E-state index in [0.717, 1.165) is 77.0 Å². The second-order valence-electron chi connectivity index (χ2n) is 26.5. The molecule has 0 spiro atoms. The van der Waals surface area contributed by atoms with E-state index >= 15 is 0 Å². The Bertz CT molecular complexity index is 1530. The van der Waals surface area contributed by atoms with E-state index in [9.17, 15) is 19.0 Å². The number of unbranched alkanes of at least 4 members (excludes halogenated alkanes) is 48. The van der Waals surface area contributed by atoms with Crippen LogP contribution in [-0.2, 0) is 27.9 Å². The van der Waals surface area contributed by atoms with Crippen molar-refractivity contribution in [3.63, 3.8) is 0 Å². The number of esters is 1. The first-order valence-corrected chi connectivity index (χ1v) is 38.3. The van der Waals surface area contributed by atoms with E-state index in [2.05, 4.69) is 50.4 Å². The van der Waals surface area contributed by atoms with Gasteiger partial charge in [-0.25, -0.2) is 0 Å². The Kier molecular flexibility index (Phi) is 62.9. The Morgan fingerprint density at radius 2 is 0.726 bits per heavy atom. The van der Waals surface area contributed by atoms with Gasteiger partial charge in [-0.3, -0.25) is 14.2 Å². The average Bonchev–Trinajstić information content (AvgIpc) is 3.64. The van der Waals surface area contributed by atoms with Crippen molar-refractivity contribution in [2.45, 2.75) is 386 Å². The number of amides is 1. The van der Waals surface area contributed by atoms with Crippen LogP contribution in [0.15, 0.2) is 36.5 Å². The van der Waals surface area contributed by atoms with Gasteiger partial charge in [0.1, 0.15) is 19.3 Å². The maximum Gasteiger partial charge on any atom is 0.306 e. The zero-order chi connectivity index (χ0) is 61.4. The van der Waals surface area contributed by atoms with Crippen LogP contribution in [0.3, 0.4) is 0 Å². The van der Waals surface area contributed by atoms with E-state index in [-0.39, 0.29) is 31.5 Å². The van der Waals surface area contributed by atoms with Gasteiger partial charge in [0.15, 0.2) is 0 Å². The van der Waals surface area contributed by atoms with Crippen molar-refractivity contribution in [1.82, 2.24) is 5.32 Å². The Morgan fingerprint density at radius 3 is 1.10 bits per heavy atom. The summed E-state index contributed by atoms with van der Waals surface area (Å²) in [4.78, 5) is 40.2. The van der Waals surface area contributed by atoms with E-state index < -0.39 is 20.0 Å². The standard InChI is InChI=1S/C74H143N2O7P/c1-7-10-13-16-19-22-25-28-30-32-34-35-36-37-38-39-40-41-43-45-47-49-52-55-58-61-64-67-74(78)83-72(65-62-59-56-53-50-27-24-21-18-15-12-9-3)71(70-82-84(79,80)81-69-68-76(4,5)6)75-73(77)66-63-60-57-54-51-48-46-44-42-33-31-29-26-23-20-17-14-11-8-2/h20,23,29,31,62,65,71-72H,7-19,21-22,24-28,30,32-61,63-64,66-70H2,1-6H3,(H-,75,77,79,80)/b23-20-,31-29-,65-62-. The highest BCUT2D eigenvalue weighted by atomic mass is 31.2. The van der Waals surface area contributed by atoms with Crippen LogP contribution in [0.4, 0.5) is 0 Å². The number of phosphoric ester groups is 1. The number of ether oxygens (including phenoxy) is 1. The molecule has 3 atom stereocenters. The highest BCUT2D eigenvalue weighted by Crippen LogP contribution is 2.38. The molecule has 0 aliphatic rings. The van der Waals surface area contributed by atoms with Gasteiger partial charge in [0, 0.05) is 12.8 Å². The molecular weight excluding hydrogens is 1060 g/mol. The number of hydrogen-bond acceptors (Lipinski definition) is 7. The first-order chi connectivity index (χ1) is 40.9. The zero-order valence-electron chi connectivity index (χ0n) is 56.9. The summed E-state index contributed by atoms with van der Waals surface area (Å²) in [7, 11) is 1.20. The molecule has 0 radical (unpaired) electrons. The molecule has 1 N–H and O–H groups in total. The van der Waals surface area contributed by atoms with Gasteiger partial charge in [-0.05, 0) is 63.9 Å². The minimum atomic E-state index is -4.70. The minimum Gasteiger partial charge on any atom is -0.756 e. The summed E-state index contributed by atoms with van der Waals surface area (Å²) >= 11 is 0. The van der Waals surface area contributed by atoms with E-state index in [1.807, 2.05) is 33.3 Å². The molecule has 0 heterocycles. The van der Waals surface area contributed by atoms with Gasteiger partial charge in [0.05, 0.1) is 33.8 Å². The summed E-state index contributed by atoms with van der Waals surface area (Å²) in [6, 6.07) is -0.888. The van der Waals surface area contributed by atoms with Gasteiger partial charge in [-0.15, -0.1) is 0 Å². The van der Waals surface area contributed by atoms with E-state index in [4.69, 9.17) is 13.8 Å². The maximum atomic E-state index is 13.6. The minimum absolute atomic E-state index is 0.0205. The van der Waals surface area contributed by atoms with Crippen LogP contribution in [0.5, 0.6) is 0 Å². The van der Waals surface area contributed by atoms with Crippen LogP contribution >= 0.6 is 7.82 Å². The van der Waals surface area contributed by atoms with Crippen molar-refractivity contribution in [3.05, 3.63) is 36.5 Å². The van der Waals surface area contributed by atoms with Crippen LogP contribution in [0.1, 0.15) is 374 Å². The maximum absolute atomic E-state index is 13.6. The molecule has 0 aliphatic heterocycles. The number of nitrogens with one attached hydrogen (secondary N) is 1. The van der Waals surface area contributed by atoms with E-state index in [1.54, 1.807) is 0 Å². The Balaban J connectivity index is 4.96. The number of rotatable bonds is 68. The molecule has 0 saturated heterocycles. The number of phosphoric acid groups is 1. The van der Waals surface area contributed by atoms with Crippen LogP contribution in [0.2, 0.25) is 0 Å². The number of carbonyl (C=O) groups excluding carboxylic acids is 2. The van der Waals surface area contributed by atoms with E-state index in [1.165, 1.54) is 263 Å². The van der Waals surface area contributed by atoms with Gasteiger partial charge < -0.3 is 28.5 Å². The molecule has 496 valence electrons. The predicted molar refractivity (Wildman–Crippen MR) is 363 cm³/mol. The number of nitrogens with zero attached hydrogens (tertiary/aromatic N) is 1. The SMILES string of the molecule is CCCCC/C=C\C/C=C\CCCCCCCCCCCC(=O)NC(COP(=O)([O-])OCC[N+](C)(C)C)C(/C=C\CCCCCCCCCCCC)OC(=O)CCCCCCCCCCCCCCCCCCCCCCCCCCCCC. The third-order valence-corrected chi connectivity index (χ3v) is 17.8. The summed E-state index contributed by atoms with van der Waals surface area (Å²) in [5, 5.41) is 3.05. The zero-order valence-corrected chi connectivity index (χ0v) is 57.8. The second-order valence-corrected chi connectivity index (χ2v) is 27.9. The lowest BCUT2D eigenvalue weighted by atomic mass is 10.0. The smallest absolute Gasteiger partial charge is 0.306 e. The Morgan fingerprint density at radius 1 is 0.417 bits per heavy atom. The van der Waals surface area contributed by atoms with Gasteiger partial charge in [-0.2, -0.15) is 0 Å². The van der Waals surface area contributed by atoms with Gasteiger partial charge >= 0.3 is 5.97 Å². The quantitative estimate of drug-likeness (QED) is 0.0212. The molecule has 1 amide bonds. The first-order valence-electron chi connectivity index (χ1n) is 36.8. The fourth-order valence-electron chi connectivity index (χ4n) is 11.1. The molecule has 0 aliphatic carbocycles. The van der Waals surface area contributed by atoms with Gasteiger partial charge in [0.2, 0.25) is 5.91 Å². The molecule has 0 saturated carbocycles. The van der Waals surface area contributed by atoms with Crippen LogP contribution < -0.4 is 10.2 Å². The fourth-order valence-corrected chi connectivity index (χ4v) is 11.9. The van der Waals surface area contributed by atoms with E-state index in [0.29, 0.717) is 17.4 Å². The molecule has 0 aromatic rings. The third-order valence-electron chi connectivity index (χ3n) is 16.8. The Hall–Kier alpha value is -1.77. The molecule has 10 heteroatoms. The molecule has 9 nitrogen and oxygen atoms in total. The van der Waals surface area contributed by atoms with Crippen molar-refractivity contribution < 1.29 is 37.3 Å². The van der Waals surface area contributed by atoms with Crippen molar-refractivity contribution in [3.8, 4) is 0 Å². The lowest BCUT2D eigenvalue weighted by molar-refractivity contribution is -0.870. The molecule has 3 unspecified atom stereocenters. The molecule has 0 aromatic carbocycles. The van der Waals surface area contributed by atoms with Gasteiger partial charge in [0.25, 0.3) is 7.82 Å². The average molecular weight is 1200 g/mol. The largest absolute Gasteiger partial charge is 0.756 e. The van der Waals surface area contributed by atoms with Crippen molar-refractivity contribution >= 4 is 19.7 Å². The summed E-state index contributed by atoms with van der Waals surface area (Å²) < 4.78 is 30.5. The summed E-state index contributed by atoms with van der Waals surface area (Å²) in [6.07, 6.45) is 79.9. The first kappa shape index (κ1) is 82.2. The number of carbonyl (C=O) groups is 2. The highest BCUT2D eigenvalue weighted by Gasteiger charge is 2.27. The van der Waals surface area contributed by atoms with Crippen LogP contribution in [0, 0.1) is 0 Å². The van der Waals surface area contributed by atoms with Crippen molar-refractivity contribution in [2.75, 3.05) is 40.9 Å². The lowest BCUT2D eigenvalue weighted by Crippen LogP contribution is -2.47. The summed E-state index contributed by atoms with van der Waals surface area (Å²) in [6.45, 7) is 6.88. The fraction of sp³-hybridized carbons (Fsp3) is 0.892. The Labute approximate surface area is 523 Å². The summed E-state index contributed by atoms with van der Waals surface area (Å²) in [5.41, 5.74) is 0. The predicted octanol–water partition coefficient (Wildman–Crippen LogP) is 22.8. The molecule has 0 aromatic heterocycles. The summed E-state index contributed by atoms with van der Waals surface area (Å²) in [5.74, 6) is -0.526. The van der Waals surface area contributed by atoms with Crippen molar-refractivity contribution in [2.24, 2.45) is 0 Å². The normalized spacial score (nSPS) is 13.7. The molecular formula is C74H143N2O7P. The van der Waals surface area contributed by atoms with Crippen LogP contribution in [-0.4, -0.2) is 69.4 Å². The van der Waals surface area contributed by atoms with Crippen molar-refractivity contribution in [1.29, 1.82) is 0 Å². The number of allylic oxidation sites excluding steroid dienone is 5. The monoisotopic (exact) mass is 1200 g/mol. The molecule has 0 bridgehead atoms. The number of hydrogen-bond donors (Lipinski definition) is 1. The topological polar surface area (TPSA) is 114 Å². The molecule has 0 rings (SSSR count). The number of quaternary nitrogens is 1. The second kappa shape index (κ2) is 64.2. The highest BCUT2D eigenvalue weighted by molar-refractivity contribution is 7.45. The molecule has 0 fully saturated rings. The lowest BCUT2D eigenvalue weighted by Gasteiger charge is -2.30. The number of likely N-dealkylation sites (N-methyl/N-ethyl adjacent to an activating group) is 1. The molecule has 84 heavy (non-hydrogen) atoms. The third kappa shape index (κ3) is 64.7. The van der Waals surface area contributed by atoms with Crippen LogP contribution in [0.25, 0.3) is 0 Å². The van der Waals surface area contributed by atoms with Gasteiger partial charge in [-0.1, -0.05) is 334 Å².